The number of methoxy groups -OCH3 is 1. The van der Waals surface area contributed by atoms with Gasteiger partial charge in [0.1, 0.15) is 5.76 Å². The van der Waals surface area contributed by atoms with Gasteiger partial charge in [0.15, 0.2) is 0 Å². The number of fused-ring (bicyclic) bond motifs is 1. The molecule has 0 fully saturated rings. The number of aryl methyl sites for hydroxylation is 2. The Bertz CT molecular complexity index is 1230. The quantitative estimate of drug-likeness (QED) is 0.217. The Kier molecular flexibility index (Phi) is 9.88. The lowest BCUT2D eigenvalue weighted by atomic mass is 9.91. The molecule has 1 amide bonds. The standard InChI is InChI=1S/C30H41N3O2/c1-11-13-27(35-10)28(23(8)21(6)12-2)22(7)18-24(16-19(3)4)29(34)32-30-31-25-15-14-20(5)17-26(25)33(30)9/h14-18H,7,11-13H2,1-6,8-10H3,(H,31,32,34)/b23-21-,24-18+,28-27+. The van der Waals surface area contributed by atoms with Crippen LogP contribution < -0.4 is 5.32 Å². The van der Waals surface area contributed by atoms with E-state index < -0.39 is 0 Å². The number of aromatic nitrogens is 2. The first-order chi connectivity index (χ1) is 16.5. The molecule has 0 saturated carbocycles. The van der Waals surface area contributed by atoms with E-state index in [0.717, 1.165) is 63.9 Å². The minimum absolute atomic E-state index is 0.231. The summed E-state index contributed by atoms with van der Waals surface area (Å²) in [5.74, 6) is 1.17. The van der Waals surface area contributed by atoms with Crippen LogP contribution in [-0.4, -0.2) is 22.6 Å². The zero-order chi connectivity index (χ0) is 26.3. The Balaban J connectivity index is 2.56. The van der Waals surface area contributed by atoms with Gasteiger partial charge in [0.05, 0.1) is 18.1 Å². The first-order valence-electron chi connectivity index (χ1n) is 12.3. The van der Waals surface area contributed by atoms with E-state index in [1.54, 1.807) is 7.11 Å². The predicted octanol–water partition coefficient (Wildman–Crippen LogP) is 7.72. The first-order valence-corrected chi connectivity index (χ1v) is 12.3. The molecule has 1 N–H and O–H groups in total. The van der Waals surface area contributed by atoms with Gasteiger partial charge in [-0.2, -0.15) is 0 Å². The van der Waals surface area contributed by atoms with Crippen LogP contribution in [0.1, 0.15) is 66.4 Å². The third-order valence-corrected chi connectivity index (χ3v) is 6.17. The molecule has 5 nitrogen and oxygen atoms in total. The van der Waals surface area contributed by atoms with Crippen LogP contribution >= 0.6 is 0 Å². The van der Waals surface area contributed by atoms with Crippen molar-refractivity contribution >= 4 is 22.9 Å². The monoisotopic (exact) mass is 475 g/mol. The van der Waals surface area contributed by atoms with Crippen LogP contribution in [0, 0.1) is 6.92 Å². The van der Waals surface area contributed by atoms with E-state index in [9.17, 15) is 4.79 Å². The molecule has 0 aliphatic heterocycles. The van der Waals surface area contributed by atoms with E-state index in [-0.39, 0.29) is 5.91 Å². The summed E-state index contributed by atoms with van der Waals surface area (Å²) in [4.78, 5) is 18.1. The topological polar surface area (TPSA) is 56.2 Å². The molecular weight excluding hydrogens is 434 g/mol. The largest absolute Gasteiger partial charge is 0.500 e. The number of amides is 1. The lowest BCUT2D eigenvalue weighted by Gasteiger charge is -2.18. The molecule has 5 heteroatoms. The number of carbonyl (C=O) groups excluding carboxylic acids is 1. The number of hydrogen-bond acceptors (Lipinski definition) is 3. The number of hydrogen-bond donors (Lipinski definition) is 1. The van der Waals surface area contributed by atoms with Gasteiger partial charge in [-0.05, 0) is 82.4 Å². The van der Waals surface area contributed by atoms with Gasteiger partial charge in [0, 0.05) is 24.6 Å². The molecule has 1 aromatic heterocycles. The summed E-state index contributed by atoms with van der Waals surface area (Å²) in [5.41, 5.74) is 8.63. The van der Waals surface area contributed by atoms with E-state index in [1.807, 2.05) is 56.7 Å². The van der Waals surface area contributed by atoms with E-state index in [0.29, 0.717) is 11.5 Å². The normalized spacial score (nSPS) is 13.2. The van der Waals surface area contributed by atoms with Crippen molar-refractivity contribution in [2.24, 2.45) is 7.05 Å². The number of allylic oxidation sites excluding steroid dienone is 7. The fourth-order valence-corrected chi connectivity index (χ4v) is 3.99. The van der Waals surface area contributed by atoms with Crippen LogP contribution in [0.5, 0.6) is 0 Å². The molecule has 0 spiro atoms. The Morgan fingerprint density at radius 1 is 1.17 bits per heavy atom. The van der Waals surface area contributed by atoms with Crippen molar-refractivity contribution < 1.29 is 9.53 Å². The van der Waals surface area contributed by atoms with E-state index in [4.69, 9.17) is 4.74 Å². The van der Waals surface area contributed by atoms with E-state index in [2.05, 4.69) is 50.6 Å². The molecule has 1 heterocycles. The van der Waals surface area contributed by atoms with Crippen LogP contribution in [-0.2, 0) is 16.6 Å². The highest BCUT2D eigenvalue weighted by atomic mass is 16.5. The second-order valence-corrected chi connectivity index (χ2v) is 9.30. The van der Waals surface area contributed by atoms with E-state index >= 15 is 0 Å². The third kappa shape index (κ3) is 6.84. The molecule has 0 radical (unpaired) electrons. The Morgan fingerprint density at radius 2 is 1.86 bits per heavy atom. The van der Waals surface area contributed by atoms with Crippen LogP contribution in [0.4, 0.5) is 5.95 Å². The van der Waals surface area contributed by atoms with Crippen molar-refractivity contribution in [2.45, 2.75) is 67.7 Å². The predicted molar refractivity (Wildman–Crippen MR) is 148 cm³/mol. The summed E-state index contributed by atoms with van der Waals surface area (Å²) in [6.45, 7) is 18.9. The van der Waals surface area contributed by atoms with Crippen molar-refractivity contribution in [1.82, 2.24) is 9.55 Å². The summed E-state index contributed by atoms with van der Waals surface area (Å²) in [7, 11) is 3.61. The van der Waals surface area contributed by atoms with E-state index in [1.165, 1.54) is 5.57 Å². The summed E-state index contributed by atoms with van der Waals surface area (Å²) in [6, 6.07) is 6.05. The molecule has 188 valence electrons. The maximum atomic E-state index is 13.4. The second kappa shape index (κ2) is 12.4. The van der Waals surface area contributed by atoms with Crippen molar-refractivity contribution in [3.05, 3.63) is 81.7 Å². The number of anilines is 1. The Hall–Kier alpha value is -3.34. The number of carbonyl (C=O) groups is 1. The lowest BCUT2D eigenvalue weighted by molar-refractivity contribution is -0.112. The highest BCUT2D eigenvalue weighted by Gasteiger charge is 2.18. The zero-order valence-corrected chi connectivity index (χ0v) is 22.9. The molecule has 0 aliphatic carbocycles. The Labute approximate surface area is 211 Å². The maximum Gasteiger partial charge on any atom is 0.257 e. The van der Waals surface area contributed by atoms with Crippen molar-refractivity contribution in [3.8, 4) is 0 Å². The van der Waals surface area contributed by atoms with Gasteiger partial charge in [-0.1, -0.05) is 43.7 Å². The molecule has 0 atom stereocenters. The lowest BCUT2D eigenvalue weighted by Crippen LogP contribution is -2.17. The van der Waals surface area contributed by atoms with Crippen molar-refractivity contribution in [1.29, 1.82) is 0 Å². The zero-order valence-electron chi connectivity index (χ0n) is 22.9. The summed E-state index contributed by atoms with van der Waals surface area (Å²) < 4.78 is 7.70. The molecule has 1 aromatic carbocycles. The van der Waals surface area contributed by atoms with Gasteiger partial charge in [0.25, 0.3) is 5.91 Å². The molecule has 0 bridgehead atoms. The SMILES string of the molecule is C=C(/C=C(\C=C(C)C)C(=O)Nc1nc2ccc(C)cc2n1C)C(/C(C)=C(/C)CC)=C(/CCC)OC. The number of rotatable bonds is 10. The summed E-state index contributed by atoms with van der Waals surface area (Å²) in [6.07, 6.45) is 6.42. The highest BCUT2D eigenvalue weighted by Crippen LogP contribution is 2.30. The van der Waals surface area contributed by atoms with Gasteiger partial charge >= 0.3 is 0 Å². The van der Waals surface area contributed by atoms with Crippen molar-refractivity contribution in [3.63, 3.8) is 0 Å². The van der Waals surface area contributed by atoms with Gasteiger partial charge in [-0.15, -0.1) is 0 Å². The van der Waals surface area contributed by atoms with Crippen molar-refractivity contribution in [2.75, 3.05) is 12.4 Å². The molecule has 2 aromatic rings. The molecular formula is C30H41N3O2. The fourth-order valence-electron chi connectivity index (χ4n) is 3.99. The molecule has 2 rings (SSSR count). The van der Waals surface area contributed by atoms with Gasteiger partial charge in [0.2, 0.25) is 5.95 Å². The fraction of sp³-hybridized carbons (Fsp3) is 0.400. The first kappa shape index (κ1) is 27.9. The van der Waals surface area contributed by atoms with Crippen LogP contribution in [0.15, 0.2) is 76.1 Å². The van der Waals surface area contributed by atoms with Crippen LogP contribution in [0.2, 0.25) is 0 Å². The van der Waals surface area contributed by atoms with Crippen LogP contribution in [0.3, 0.4) is 0 Å². The maximum absolute atomic E-state index is 13.4. The summed E-state index contributed by atoms with van der Waals surface area (Å²) >= 11 is 0. The molecule has 0 saturated heterocycles. The van der Waals surface area contributed by atoms with Gasteiger partial charge in [-0.3, -0.25) is 10.1 Å². The second-order valence-electron chi connectivity index (χ2n) is 9.30. The Morgan fingerprint density at radius 3 is 2.43 bits per heavy atom. The number of nitrogens with zero attached hydrogens (tertiary/aromatic N) is 2. The highest BCUT2D eigenvalue weighted by molar-refractivity contribution is 6.06. The number of benzene rings is 1. The minimum Gasteiger partial charge on any atom is -0.500 e. The van der Waals surface area contributed by atoms with Crippen LogP contribution in [0.25, 0.3) is 11.0 Å². The smallest absolute Gasteiger partial charge is 0.257 e. The van der Waals surface area contributed by atoms with Gasteiger partial charge in [-0.25, -0.2) is 4.98 Å². The average Bonchev–Trinajstić information content (AvgIpc) is 3.11. The summed E-state index contributed by atoms with van der Waals surface area (Å²) in [5, 5.41) is 3.00. The number of imidazole rings is 1. The molecule has 0 aliphatic rings. The third-order valence-electron chi connectivity index (χ3n) is 6.17. The average molecular weight is 476 g/mol. The minimum atomic E-state index is -0.231. The molecule has 0 unspecified atom stereocenters. The number of nitrogens with one attached hydrogen (secondary N) is 1. The number of ether oxygens (including phenoxy) is 1. The van der Waals surface area contributed by atoms with Gasteiger partial charge < -0.3 is 9.30 Å². The molecule has 35 heavy (non-hydrogen) atoms.